The Morgan fingerprint density at radius 2 is 1.89 bits per heavy atom. The number of hydrogen-bond donors (Lipinski definition) is 1. The third kappa shape index (κ3) is 3.58. The summed E-state index contributed by atoms with van der Waals surface area (Å²) >= 11 is 3.21. The third-order valence-electron chi connectivity index (χ3n) is 2.72. The quantitative estimate of drug-likeness (QED) is 0.856. The van der Waals surface area contributed by atoms with Crippen molar-refractivity contribution in [3.63, 3.8) is 0 Å². The number of hydrogen-bond acceptors (Lipinski definition) is 2. The fourth-order valence-corrected chi connectivity index (χ4v) is 2.07. The molecule has 19 heavy (non-hydrogen) atoms. The first-order valence-electron chi connectivity index (χ1n) is 5.87. The average Bonchev–Trinajstić information content (AvgIpc) is 2.77. The van der Waals surface area contributed by atoms with Crippen LogP contribution in [0.1, 0.15) is 16.9 Å². The fourth-order valence-electron chi connectivity index (χ4n) is 1.75. The number of benzene rings is 1. The predicted octanol–water partition coefficient (Wildman–Crippen LogP) is 4.31. The molecule has 0 saturated carbocycles. The molecule has 98 valence electrons. The van der Waals surface area contributed by atoms with Gasteiger partial charge < -0.3 is 9.73 Å². The Bertz CT molecular complexity index is 609. The van der Waals surface area contributed by atoms with Crippen LogP contribution in [0.4, 0.5) is 5.69 Å². The van der Waals surface area contributed by atoms with Gasteiger partial charge in [-0.2, -0.15) is 0 Å². The van der Waals surface area contributed by atoms with Crippen molar-refractivity contribution in [2.75, 3.05) is 5.32 Å². The average molecular weight is 320 g/mol. The number of anilines is 1. The highest BCUT2D eigenvalue weighted by Crippen LogP contribution is 2.19. The maximum absolute atomic E-state index is 11.8. The minimum atomic E-state index is -0.176. The summed E-state index contributed by atoms with van der Waals surface area (Å²) in [5.74, 6) is 0.452. The van der Waals surface area contributed by atoms with Crippen LogP contribution in [0.5, 0.6) is 0 Å². The SMILES string of the molecule is Cc1cccc(C)c1NC(=O)/C=C/c1ccc(Br)o1. The fraction of sp³-hybridized carbons (Fsp3) is 0.133. The van der Waals surface area contributed by atoms with E-state index in [-0.39, 0.29) is 5.91 Å². The normalized spacial score (nSPS) is 10.9. The number of rotatable bonds is 3. The van der Waals surface area contributed by atoms with Gasteiger partial charge in [0.25, 0.3) is 0 Å². The Morgan fingerprint density at radius 1 is 1.21 bits per heavy atom. The Morgan fingerprint density at radius 3 is 2.47 bits per heavy atom. The molecule has 1 N–H and O–H groups in total. The lowest BCUT2D eigenvalue weighted by Crippen LogP contribution is -2.10. The van der Waals surface area contributed by atoms with E-state index in [2.05, 4.69) is 21.2 Å². The summed E-state index contributed by atoms with van der Waals surface area (Å²) in [6, 6.07) is 9.47. The minimum Gasteiger partial charge on any atom is -0.450 e. The Hall–Kier alpha value is -1.81. The zero-order valence-corrected chi connectivity index (χ0v) is 12.3. The van der Waals surface area contributed by atoms with Crippen molar-refractivity contribution in [1.29, 1.82) is 0 Å². The van der Waals surface area contributed by atoms with Crippen molar-refractivity contribution in [2.45, 2.75) is 13.8 Å². The molecule has 0 aliphatic rings. The number of para-hydroxylation sites is 1. The van der Waals surface area contributed by atoms with E-state index in [1.54, 1.807) is 18.2 Å². The van der Waals surface area contributed by atoms with Gasteiger partial charge in [0.05, 0.1) is 0 Å². The topological polar surface area (TPSA) is 42.2 Å². The lowest BCUT2D eigenvalue weighted by molar-refractivity contribution is -0.111. The van der Waals surface area contributed by atoms with Crippen LogP contribution in [0.2, 0.25) is 0 Å². The van der Waals surface area contributed by atoms with Crippen molar-refractivity contribution < 1.29 is 9.21 Å². The second-order valence-corrected chi connectivity index (χ2v) is 5.01. The molecule has 0 fully saturated rings. The van der Waals surface area contributed by atoms with Gasteiger partial charge in [-0.15, -0.1) is 0 Å². The third-order valence-corrected chi connectivity index (χ3v) is 3.15. The molecule has 0 aliphatic heterocycles. The van der Waals surface area contributed by atoms with Crippen molar-refractivity contribution in [3.05, 3.63) is 58.0 Å². The maximum atomic E-state index is 11.8. The molecule has 0 unspecified atom stereocenters. The second kappa shape index (κ2) is 5.89. The van der Waals surface area contributed by atoms with Crippen LogP contribution in [0, 0.1) is 13.8 Å². The molecule has 1 amide bonds. The molecule has 1 heterocycles. The molecule has 0 bridgehead atoms. The molecule has 1 aromatic heterocycles. The Balaban J connectivity index is 2.07. The molecule has 4 heteroatoms. The van der Waals surface area contributed by atoms with Gasteiger partial charge in [-0.3, -0.25) is 4.79 Å². The van der Waals surface area contributed by atoms with Gasteiger partial charge in [0.2, 0.25) is 5.91 Å². The van der Waals surface area contributed by atoms with E-state index in [1.807, 2.05) is 32.0 Å². The molecule has 1 aromatic carbocycles. The van der Waals surface area contributed by atoms with Crippen LogP contribution in [-0.4, -0.2) is 5.91 Å². The zero-order chi connectivity index (χ0) is 13.8. The number of furan rings is 1. The Kier molecular flexibility index (Phi) is 4.22. The van der Waals surface area contributed by atoms with Crippen LogP contribution in [0.25, 0.3) is 6.08 Å². The van der Waals surface area contributed by atoms with Crippen molar-refractivity contribution in [2.24, 2.45) is 0 Å². The van der Waals surface area contributed by atoms with Gasteiger partial charge in [0.15, 0.2) is 4.67 Å². The number of halogens is 1. The van der Waals surface area contributed by atoms with Crippen LogP contribution in [-0.2, 0) is 4.79 Å². The highest BCUT2D eigenvalue weighted by atomic mass is 79.9. The molecule has 3 nitrogen and oxygen atoms in total. The first-order chi connectivity index (χ1) is 9.06. The number of aryl methyl sites for hydroxylation is 2. The zero-order valence-electron chi connectivity index (χ0n) is 10.7. The summed E-state index contributed by atoms with van der Waals surface area (Å²) in [4.78, 5) is 11.8. The van der Waals surface area contributed by atoms with Gasteiger partial charge >= 0.3 is 0 Å². The van der Waals surface area contributed by atoms with E-state index in [4.69, 9.17) is 4.42 Å². The van der Waals surface area contributed by atoms with Gasteiger partial charge in [-0.25, -0.2) is 0 Å². The second-order valence-electron chi connectivity index (χ2n) is 4.23. The van der Waals surface area contributed by atoms with Crippen LogP contribution in [0.15, 0.2) is 45.5 Å². The highest BCUT2D eigenvalue weighted by molar-refractivity contribution is 9.10. The Labute approximate surface area is 120 Å². The smallest absolute Gasteiger partial charge is 0.248 e. The maximum Gasteiger partial charge on any atom is 0.248 e. The van der Waals surface area contributed by atoms with E-state index >= 15 is 0 Å². The minimum absolute atomic E-state index is 0.176. The van der Waals surface area contributed by atoms with E-state index in [0.717, 1.165) is 16.8 Å². The monoisotopic (exact) mass is 319 g/mol. The summed E-state index contributed by atoms with van der Waals surface area (Å²) in [5, 5.41) is 2.88. The molecule has 2 aromatic rings. The summed E-state index contributed by atoms with van der Waals surface area (Å²) < 4.78 is 5.92. The summed E-state index contributed by atoms with van der Waals surface area (Å²) in [7, 11) is 0. The molecule has 0 atom stereocenters. The van der Waals surface area contributed by atoms with Crippen molar-refractivity contribution >= 4 is 33.6 Å². The number of nitrogens with one attached hydrogen (secondary N) is 1. The molecular formula is C15H14BrNO2. The van der Waals surface area contributed by atoms with E-state index in [0.29, 0.717) is 10.4 Å². The van der Waals surface area contributed by atoms with Crippen LogP contribution < -0.4 is 5.32 Å². The molecule has 0 spiro atoms. The molecular weight excluding hydrogens is 306 g/mol. The molecule has 0 aliphatic carbocycles. The molecule has 0 radical (unpaired) electrons. The van der Waals surface area contributed by atoms with E-state index in [9.17, 15) is 4.79 Å². The lowest BCUT2D eigenvalue weighted by atomic mass is 10.1. The van der Waals surface area contributed by atoms with Gasteiger partial charge in [0, 0.05) is 11.8 Å². The molecule has 0 saturated heterocycles. The van der Waals surface area contributed by atoms with Crippen molar-refractivity contribution in [3.8, 4) is 0 Å². The van der Waals surface area contributed by atoms with Crippen LogP contribution >= 0.6 is 15.9 Å². The van der Waals surface area contributed by atoms with Crippen LogP contribution in [0.3, 0.4) is 0 Å². The molecule has 2 rings (SSSR count). The summed E-state index contributed by atoms with van der Waals surface area (Å²) in [6.45, 7) is 3.94. The number of amides is 1. The number of carbonyl (C=O) groups excluding carboxylic acids is 1. The number of carbonyl (C=O) groups is 1. The summed E-state index contributed by atoms with van der Waals surface area (Å²) in [6.07, 6.45) is 3.09. The summed E-state index contributed by atoms with van der Waals surface area (Å²) in [5.41, 5.74) is 2.95. The largest absolute Gasteiger partial charge is 0.450 e. The first-order valence-corrected chi connectivity index (χ1v) is 6.66. The van der Waals surface area contributed by atoms with E-state index in [1.165, 1.54) is 6.08 Å². The first kappa shape index (κ1) is 13.6. The van der Waals surface area contributed by atoms with Gasteiger partial charge in [-0.1, -0.05) is 18.2 Å². The van der Waals surface area contributed by atoms with Gasteiger partial charge in [0.1, 0.15) is 5.76 Å². The predicted molar refractivity (Wildman–Crippen MR) is 80.0 cm³/mol. The highest BCUT2D eigenvalue weighted by Gasteiger charge is 2.04. The lowest BCUT2D eigenvalue weighted by Gasteiger charge is -2.09. The standard InChI is InChI=1S/C15H14BrNO2/c1-10-4-3-5-11(2)15(10)17-14(18)9-7-12-6-8-13(16)19-12/h3-9H,1-2H3,(H,17,18)/b9-7+. The van der Waals surface area contributed by atoms with E-state index < -0.39 is 0 Å². The van der Waals surface area contributed by atoms with Gasteiger partial charge in [-0.05, 0) is 59.1 Å². The van der Waals surface area contributed by atoms with Crippen molar-refractivity contribution in [1.82, 2.24) is 0 Å².